The van der Waals surface area contributed by atoms with Crippen LogP contribution in [0.2, 0.25) is 5.02 Å². The molecule has 0 saturated carbocycles. The van der Waals surface area contributed by atoms with Crippen LogP contribution in [0.3, 0.4) is 0 Å². The Labute approximate surface area is 130 Å². The van der Waals surface area contributed by atoms with E-state index in [1.165, 1.54) is 24.6 Å². The zero-order chi connectivity index (χ0) is 15.0. The Balaban J connectivity index is 2.42. The predicted octanol–water partition coefficient (Wildman–Crippen LogP) is 3.12. The van der Waals surface area contributed by atoms with Crippen LogP contribution in [-0.4, -0.2) is 27.0 Å². The van der Waals surface area contributed by atoms with Gasteiger partial charge in [0.2, 0.25) is 10.0 Å². The van der Waals surface area contributed by atoms with Crippen LogP contribution < -0.4 is 10.5 Å². The Hall–Kier alpha value is -0.430. The third kappa shape index (κ3) is 5.91. The van der Waals surface area contributed by atoms with Crippen molar-refractivity contribution in [2.45, 2.75) is 30.6 Å². The summed E-state index contributed by atoms with van der Waals surface area (Å²) < 4.78 is 26.7. The van der Waals surface area contributed by atoms with E-state index in [0.29, 0.717) is 11.6 Å². The van der Waals surface area contributed by atoms with Crippen LogP contribution in [0.5, 0.6) is 0 Å². The van der Waals surface area contributed by atoms with Gasteiger partial charge in [-0.15, -0.1) is 0 Å². The number of benzene rings is 1. The number of nitrogens with two attached hydrogens (primary N) is 1. The van der Waals surface area contributed by atoms with Crippen LogP contribution in [0.4, 0.5) is 5.69 Å². The molecular formula is C13H21ClN2O2S2. The molecular weight excluding hydrogens is 316 g/mol. The van der Waals surface area contributed by atoms with Gasteiger partial charge in [0.05, 0.1) is 5.69 Å². The van der Waals surface area contributed by atoms with Crippen LogP contribution >= 0.6 is 23.4 Å². The number of unbranched alkanes of at least 4 members (excludes halogenated alkanes) is 3. The predicted molar refractivity (Wildman–Crippen MR) is 87.9 cm³/mol. The molecule has 0 bridgehead atoms. The van der Waals surface area contributed by atoms with Gasteiger partial charge < -0.3 is 5.73 Å². The van der Waals surface area contributed by atoms with E-state index in [-0.39, 0.29) is 10.6 Å². The minimum Gasteiger partial charge on any atom is -0.398 e. The number of sulfonamides is 1. The Morgan fingerprint density at radius 3 is 2.60 bits per heavy atom. The highest BCUT2D eigenvalue weighted by Gasteiger charge is 2.16. The van der Waals surface area contributed by atoms with Crippen molar-refractivity contribution in [2.24, 2.45) is 0 Å². The summed E-state index contributed by atoms with van der Waals surface area (Å²) in [5.41, 5.74) is 5.86. The van der Waals surface area contributed by atoms with Crippen molar-refractivity contribution in [3.8, 4) is 0 Å². The zero-order valence-electron chi connectivity index (χ0n) is 11.6. The summed E-state index contributed by atoms with van der Waals surface area (Å²) >= 11 is 7.59. The van der Waals surface area contributed by atoms with Gasteiger partial charge in [-0.3, -0.25) is 0 Å². The Morgan fingerprint density at radius 2 is 1.95 bits per heavy atom. The fraction of sp³-hybridized carbons (Fsp3) is 0.538. The average Bonchev–Trinajstić information content (AvgIpc) is 2.37. The highest BCUT2D eigenvalue weighted by Crippen LogP contribution is 2.22. The van der Waals surface area contributed by atoms with Crippen molar-refractivity contribution < 1.29 is 8.42 Å². The maximum absolute atomic E-state index is 12.1. The number of nitrogen functional groups attached to an aromatic ring is 1. The van der Waals surface area contributed by atoms with Gasteiger partial charge in [0.1, 0.15) is 4.90 Å². The first-order chi connectivity index (χ1) is 9.47. The van der Waals surface area contributed by atoms with Crippen LogP contribution in [0.25, 0.3) is 0 Å². The molecule has 0 heterocycles. The summed E-state index contributed by atoms with van der Waals surface area (Å²) in [5, 5.41) is 0.426. The molecule has 0 unspecified atom stereocenters. The van der Waals surface area contributed by atoms with Gasteiger partial charge in [0.15, 0.2) is 0 Å². The number of nitrogens with one attached hydrogen (secondary N) is 1. The Bertz CT molecular complexity index is 521. The number of hydrogen-bond acceptors (Lipinski definition) is 4. The van der Waals surface area contributed by atoms with Crippen molar-refractivity contribution in [2.75, 3.05) is 24.3 Å². The molecule has 1 aromatic carbocycles. The summed E-state index contributed by atoms with van der Waals surface area (Å²) in [6, 6.07) is 4.39. The maximum Gasteiger partial charge on any atom is 0.242 e. The zero-order valence-corrected chi connectivity index (χ0v) is 14.0. The first-order valence-electron chi connectivity index (χ1n) is 6.51. The monoisotopic (exact) mass is 336 g/mol. The van der Waals surface area contributed by atoms with E-state index >= 15 is 0 Å². The molecule has 0 spiro atoms. The minimum absolute atomic E-state index is 0.0873. The molecule has 1 rings (SSSR count). The number of hydrogen-bond donors (Lipinski definition) is 2. The lowest BCUT2D eigenvalue weighted by Gasteiger charge is -2.09. The second-order valence-corrected chi connectivity index (χ2v) is 7.64. The Morgan fingerprint density at radius 1 is 1.25 bits per heavy atom. The molecule has 0 aromatic heterocycles. The fourth-order valence-corrected chi connectivity index (χ4v) is 3.63. The maximum atomic E-state index is 12.1. The molecule has 0 radical (unpaired) electrons. The summed E-state index contributed by atoms with van der Waals surface area (Å²) in [6.07, 6.45) is 6.26. The third-order valence-electron chi connectivity index (χ3n) is 2.83. The van der Waals surface area contributed by atoms with Gasteiger partial charge in [0, 0.05) is 11.6 Å². The molecule has 0 aliphatic heterocycles. The lowest BCUT2D eigenvalue weighted by molar-refractivity contribution is 0.574. The van der Waals surface area contributed by atoms with Crippen molar-refractivity contribution in [1.82, 2.24) is 4.72 Å². The van der Waals surface area contributed by atoms with Crippen molar-refractivity contribution >= 4 is 39.1 Å². The number of rotatable bonds is 9. The van der Waals surface area contributed by atoms with E-state index in [1.54, 1.807) is 0 Å². The smallest absolute Gasteiger partial charge is 0.242 e. The lowest BCUT2D eigenvalue weighted by atomic mass is 10.2. The summed E-state index contributed by atoms with van der Waals surface area (Å²) in [5.74, 6) is 1.16. The molecule has 0 aliphatic carbocycles. The second kappa shape index (κ2) is 8.77. The largest absolute Gasteiger partial charge is 0.398 e. The minimum atomic E-state index is -3.54. The normalized spacial score (nSPS) is 11.7. The molecule has 4 nitrogen and oxygen atoms in total. The first-order valence-corrected chi connectivity index (χ1v) is 9.76. The molecule has 114 valence electrons. The van der Waals surface area contributed by atoms with E-state index in [4.69, 9.17) is 17.3 Å². The van der Waals surface area contributed by atoms with Crippen molar-refractivity contribution in [3.63, 3.8) is 0 Å². The van der Waals surface area contributed by atoms with E-state index in [0.717, 1.165) is 25.0 Å². The van der Waals surface area contributed by atoms with E-state index in [1.807, 2.05) is 11.8 Å². The SMILES string of the molecule is CSCCCCCCNS(=O)(=O)c1ccc(Cl)cc1N. The van der Waals surface area contributed by atoms with Crippen molar-refractivity contribution in [3.05, 3.63) is 23.2 Å². The fourth-order valence-electron chi connectivity index (χ4n) is 1.77. The number of thioether (sulfide) groups is 1. The molecule has 0 amide bonds. The molecule has 0 atom stereocenters. The molecule has 7 heteroatoms. The van der Waals surface area contributed by atoms with Gasteiger partial charge in [-0.25, -0.2) is 13.1 Å². The molecule has 0 saturated heterocycles. The van der Waals surface area contributed by atoms with Crippen LogP contribution in [0, 0.1) is 0 Å². The van der Waals surface area contributed by atoms with Gasteiger partial charge in [-0.1, -0.05) is 24.4 Å². The molecule has 0 aliphatic rings. The van der Waals surface area contributed by atoms with E-state index in [9.17, 15) is 8.42 Å². The molecule has 3 N–H and O–H groups in total. The van der Waals surface area contributed by atoms with E-state index in [2.05, 4.69) is 11.0 Å². The van der Waals surface area contributed by atoms with Crippen LogP contribution in [0.1, 0.15) is 25.7 Å². The first kappa shape index (κ1) is 17.6. The molecule has 0 fully saturated rings. The molecule has 1 aromatic rings. The summed E-state index contributed by atoms with van der Waals surface area (Å²) in [4.78, 5) is 0.0873. The van der Waals surface area contributed by atoms with Crippen LogP contribution in [-0.2, 0) is 10.0 Å². The number of anilines is 1. The standard InChI is InChI=1S/C13H21ClN2O2S2/c1-19-9-5-3-2-4-8-16-20(17,18)13-7-6-11(14)10-12(13)15/h6-7,10,16H,2-5,8-9,15H2,1H3. The highest BCUT2D eigenvalue weighted by atomic mass is 35.5. The van der Waals surface area contributed by atoms with Gasteiger partial charge >= 0.3 is 0 Å². The van der Waals surface area contributed by atoms with Gasteiger partial charge in [0.25, 0.3) is 0 Å². The summed E-state index contributed by atoms with van der Waals surface area (Å²) in [7, 11) is -3.54. The lowest BCUT2D eigenvalue weighted by Crippen LogP contribution is -2.25. The average molecular weight is 337 g/mol. The summed E-state index contributed by atoms with van der Waals surface area (Å²) in [6.45, 7) is 0.434. The molecule has 20 heavy (non-hydrogen) atoms. The number of halogens is 1. The van der Waals surface area contributed by atoms with Crippen molar-refractivity contribution in [1.29, 1.82) is 0 Å². The third-order valence-corrected chi connectivity index (χ3v) is 5.30. The Kier molecular flexibility index (Phi) is 7.72. The topological polar surface area (TPSA) is 72.2 Å². The van der Waals surface area contributed by atoms with E-state index < -0.39 is 10.0 Å². The quantitative estimate of drug-likeness (QED) is 0.537. The van der Waals surface area contributed by atoms with Gasteiger partial charge in [-0.05, 0) is 43.0 Å². The second-order valence-electron chi connectivity index (χ2n) is 4.49. The van der Waals surface area contributed by atoms with Gasteiger partial charge in [-0.2, -0.15) is 11.8 Å². The highest BCUT2D eigenvalue weighted by molar-refractivity contribution is 7.98. The van der Waals surface area contributed by atoms with Crippen LogP contribution in [0.15, 0.2) is 23.1 Å².